The van der Waals surface area contributed by atoms with Gasteiger partial charge in [-0.15, -0.1) is 0 Å². The van der Waals surface area contributed by atoms with Crippen LogP contribution in [-0.4, -0.2) is 63.9 Å². The first-order valence-corrected chi connectivity index (χ1v) is 12.8. The number of sulfonamides is 1. The van der Waals surface area contributed by atoms with Crippen LogP contribution in [0.15, 0.2) is 58.3 Å². The topological polar surface area (TPSA) is 91.8 Å². The molecule has 2 aromatic carbocycles. The number of carbonyl (C=O) groups is 1. The van der Waals surface area contributed by atoms with Crippen molar-refractivity contribution in [1.82, 2.24) is 9.21 Å². The van der Waals surface area contributed by atoms with Gasteiger partial charge in [0.25, 0.3) is 0 Å². The van der Waals surface area contributed by atoms with Crippen LogP contribution in [0.1, 0.15) is 17.5 Å². The van der Waals surface area contributed by atoms with E-state index in [1.165, 1.54) is 21.3 Å². The van der Waals surface area contributed by atoms with Crippen molar-refractivity contribution in [3.05, 3.63) is 59.7 Å². The maximum absolute atomic E-state index is 13.0. The lowest BCUT2D eigenvalue weighted by atomic mass is 10.2. The molecule has 0 radical (unpaired) electrons. The summed E-state index contributed by atoms with van der Waals surface area (Å²) in [6, 6.07) is 13.4. The van der Waals surface area contributed by atoms with E-state index in [1.54, 1.807) is 37.3 Å². The summed E-state index contributed by atoms with van der Waals surface area (Å²) in [5.41, 5.74) is 1.55. The summed E-state index contributed by atoms with van der Waals surface area (Å²) in [5, 5.41) is 0. The van der Waals surface area contributed by atoms with Gasteiger partial charge in [0.05, 0.1) is 15.5 Å². The summed E-state index contributed by atoms with van der Waals surface area (Å²) in [7, 11) is -7.16. The number of sulfone groups is 1. The zero-order chi connectivity index (χ0) is 21.9. The Kier molecular flexibility index (Phi) is 6.64. The number of amides is 1. The average molecular weight is 451 g/mol. The van der Waals surface area contributed by atoms with Crippen molar-refractivity contribution in [2.75, 3.05) is 31.9 Å². The molecule has 1 aliphatic rings. The van der Waals surface area contributed by atoms with E-state index in [0.29, 0.717) is 5.56 Å². The minimum Gasteiger partial charge on any atom is -0.340 e. The van der Waals surface area contributed by atoms with Crippen LogP contribution in [0.4, 0.5) is 0 Å². The molecule has 0 bridgehead atoms. The predicted octanol–water partition coefficient (Wildman–Crippen LogP) is 2.00. The van der Waals surface area contributed by atoms with Crippen molar-refractivity contribution in [2.24, 2.45) is 0 Å². The Bertz CT molecular complexity index is 1120. The zero-order valence-electron chi connectivity index (χ0n) is 17.1. The smallest absolute Gasteiger partial charge is 0.243 e. The van der Waals surface area contributed by atoms with Gasteiger partial charge < -0.3 is 4.90 Å². The lowest BCUT2D eigenvalue weighted by Crippen LogP contribution is -2.50. The van der Waals surface area contributed by atoms with Gasteiger partial charge in [0.1, 0.15) is 0 Å². The summed E-state index contributed by atoms with van der Waals surface area (Å²) in [6.07, 6.45) is -0.124. The molecule has 0 atom stereocenters. The van der Waals surface area contributed by atoms with E-state index in [4.69, 9.17) is 0 Å². The molecule has 0 saturated carbocycles. The van der Waals surface area contributed by atoms with Crippen molar-refractivity contribution in [3.8, 4) is 0 Å². The van der Waals surface area contributed by atoms with Gasteiger partial charge in [0.15, 0.2) is 9.84 Å². The van der Waals surface area contributed by atoms with Crippen LogP contribution in [0, 0.1) is 13.8 Å². The second kappa shape index (κ2) is 8.87. The molecule has 0 aromatic heterocycles. The van der Waals surface area contributed by atoms with E-state index in [9.17, 15) is 21.6 Å². The number of nitrogens with zero attached hydrogens (tertiary/aromatic N) is 2. The van der Waals surface area contributed by atoms with Crippen LogP contribution in [-0.2, 0) is 24.7 Å². The van der Waals surface area contributed by atoms with Gasteiger partial charge >= 0.3 is 0 Å². The van der Waals surface area contributed by atoms with Crippen molar-refractivity contribution < 1.29 is 21.6 Å². The summed E-state index contributed by atoms with van der Waals surface area (Å²) >= 11 is 0. The van der Waals surface area contributed by atoms with E-state index in [1.807, 2.05) is 13.0 Å². The van der Waals surface area contributed by atoms with Crippen molar-refractivity contribution in [2.45, 2.75) is 30.1 Å². The average Bonchev–Trinajstić information content (AvgIpc) is 2.74. The van der Waals surface area contributed by atoms with Gasteiger partial charge in [-0.2, -0.15) is 4.31 Å². The van der Waals surface area contributed by atoms with Gasteiger partial charge in [0.2, 0.25) is 15.9 Å². The minimum absolute atomic E-state index is 0.124. The fourth-order valence-electron chi connectivity index (χ4n) is 3.43. The first kappa shape index (κ1) is 22.5. The van der Waals surface area contributed by atoms with Crippen LogP contribution >= 0.6 is 0 Å². The molecule has 1 heterocycles. The van der Waals surface area contributed by atoms with Crippen LogP contribution in [0.25, 0.3) is 0 Å². The summed E-state index contributed by atoms with van der Waals surface area (Å²) in [6.45, 7) is 4.47. The van der Waals surface area contributed by atoms with Crippen LogP contribution in [0.2, 0.25) is 0 Å². The number of carbonyl (C=O) groups excluding carboxylic acids is 1. The highest BCUT2D eigenvalue weighted by molar-refractivity contribution is 7.91. The molecule has 162 valence electrons. The van der Waals surface area contributed by atoms with Gasteiger partial charge in [-0.25, -0.2) is 16.8 Å². The lowest BCUT2D eigenvalue weighted by molar-refractivity contribution is -0.131. The Hall–Kier alpha value is -2.23. The molecular formula is C21H26N2O5S2. The largest absolute Gasteiger partial charge is 0.340 e. The lowest BCUT2D eigenvalue weighted by Gasteiger charge is -2.34. The van der Waals surface area contributed by atoms with Crippen molar-refractivity contribution in [3.63, 3.8) is 0 Å². The normalized spacial score (nSPS) is 15.9. The predicted molar refractivity (Wildman–Crippen MR) is 114 cm³/mol. The fraction of sp³-hybridized carbons (Fsp3) is 0.381. The molecule has 1 aliphatic heterocycles. The van der Waals surface area contributed by atoms with E-state index in [-0.39, 0.29) is 54.1 Å². The zero-order valence-corrected chi connectivity index (χ0v) is 18.7. The standard InChI is InChI=1S/C21H26N2O5S2/c1-17-8-9-18(2)20(16-17)30(27,28)23-13-11-22(12-14-23)21(24)10-15-29(25,26)19-6-4-3-5-7-19/h3-9,16H,10-15H2,1-2H3. The fourth-order valence-corrected chi connectivity index (χ4v) is 6.41. The minimum atomic E-state index is -3.64. The number of benzene rings is 2. The van der Waals surface area contributed by atoms with Crippen LogP contribution in [0.5, 0.6) is 0 Å². The molecule has 2 aromatic rings. The van der Waals surface area contributed by atoms with E-state index in [0.717, 1.165) is 5.56 Å². The Morgan fingerprint density at radius 1 is 0.900 bits per heavy atom. The number of rotatable bonds is 6. The quantitative estimate of drug-likeness (QED) is 0.671. The monoisotopic (exact) mass is 450 g/mol. The Labute approximate surface area is 178 Å². The van der Waals surface area contributed by atoms with Crippen LogP contribution in [0.3, 0.4) is 0 Å². The second-order valence-electron chi connectivity index (χ2n) is 7.44. The van der Waals surface area contributed by atoms with E-state index in [2.05, 4.69) is 0 Å². The second-order valence-corrected chi connectivity index (χ2v) is 11.5. The number of hydrogen-bond donors (Lipinski definition) is 0. The third kappa shape index (κ3) is 4.91. The molecule has 1 amide bonds. The maximum Gasteiger partial charge on any atom is 0.243 e. The summed E-state index contributed by atoms with van der Waals surface area (Å²) in [5.74, 6) is -0.546. The Balaban J connectivity index is 1.60. The molecule has 0 unspecified atom stereocenters. The molecule has 0 aliphatic carbocycles. The molecule has 9 heteroatoms. The number of piperazine rings is 1. The third-order valence-electron chi connectivity index (χ3n) is 5.24. The van der Waals surface area contributed by atoms with Crippen molar-refractivity contribution >= 4 is 25.8 Å². The molecule has 7 nitrogen and oxygen atoms in total. The highest BCUT2D eigenvalue weighted by Crippen LogP contribution is 2.22. The van der Waals surface area contributed by atoms with Crippen molar-refractivity contribution in [1.29, 1.82) is 0 Å². The maximum atomic E-state index is 13.0. The van der Waals surface area contributed by atoms with E-state index >= 15 is 0 Å². The first-order chi connectivity index (χ1) is 14.1. The number of aryl methyl sites for hydroxylation is 2. The molecule has 30 heavy (non-hydrogen) atoms. The number of hydrogen-bond acceptors (Lipinski definition) is 5. The van der Waals surface area contributed by atoms with Gasteiger partial charge in [-0.05, 0) is 43.2 Å². The van der Waals surface area contributed by atoms with Gasteiger partial charge in [-0.3, -0.25) is 4.79 Å². The highest BCUT2D eigenvalue weighted by Gasteiger charge is 2.31. The van der Waals surface area contributed by atoms with Gasteiger partial charge in [-0.1, -0.05) is 30.3 Å². The first-order valence-electron chi connectivity index (χ1n) is 9.74. The third-order valence-corrected chi connectivity index (χ3v) is 9.01. The summed E-state index contributed by atoms with van der Waals surface area (Å²) < 4.78 is 52.1. The van der Waals surface area contributed by atoms with Crippen LogP contribution < -0.4 is 0 Å². The SMILES string of the molecule is Cc1ccc(C)c(S(=O)(=O)N2CCN(C(=O)CCS(=O)(=O)c3ccccc3)CC2)c1. The molecule has 1 saturated heterocycles. The Morgan fingerprint density at radius 3 is 2.17 bits per heavy atom. The van der Waals surface area contributed by atoms with Gasteiger partial charge in [0, 0.05) is 32.6 Å². The van der Waals surface area contributed by atoms with E-state index < -0.39 is 19.9 Å². The summed E-state index contributed by atoms with van der Waals surface area (Å²) in [4.78, 5) is 14.5. The molecule has 0 N–H and O–H groups in total. The highest BCUT2D eigenvalue weighted by atomic mass is 32.2. The Morgan fingerprint density at radius 2 is 1.53 bits per heavy atom. The molecule has 0 spiro atoms. The molecule has 1 fully saturated rings. The molecular weight excluding hydrogens is 424 g/mol. The molecule has 3 rings (SSSR count).